The maximum absolute atomic E-state index is 9.65. The first-order valence-corrected chi connectivity index (χ1v) is 6.36. The molecular formula is C12H17Cl2NO2. The highest BCUT2D eigenvalue weighted by molar-refractivity contribution is 6.37. The SMILES string of the molecule is CCCNC[C@H](O)COc1c(Cl)cccc1Cl. The molecule has 3 nitrogen and oxygen atoms in total. The molecule has 0 aromatic heterocycles. The van der Waals surface area contributed by atoms with Crippen molar-refractivity contribution in [1.29, 1.82) is 0 Å². The summed E-state index contributed by atoms with van der Waals surface area (Å²) < 4.78 is 5.41. The van der Waals surface area contributed by atoms with Crippen molar-refractivity contribution in [1.82, 2.24) is 5.32 Å². The fraction of sp³-hybridized carbons (Fsp3) is 0.500. The number of halogens is 2. The number of aliphatic hydroxyl groups is 1. The Kier molecular flexibility index (Phi) is 6.66. The van der Waals surface area contributed by atoms with Crippen molar-refractivity contribution < 1.29 is 9.84 Å². The summed E-state index contributed by atoms with van der Waals surface area (Å²) in [5.74, 6) is 0.422. The van der Waals surface area contributed by atoms with E-state index in [1.807, 2.05) is 0 Å². The average Bonchev–Trinajstić information content (AvgIpc) is 2.29. The summed E-state index contributed by atoms with van der Waals surface area (Å²) in [7, 11) is 0. The van der Waals surface area contributed by atoms with Gasteiger partial charge in [0.05, 0.1) is 10.0 Å². The molecule has 5 heteroatoms. The third-order valence-electron chi connectivity index (χ3n) is 2.15. The van der Waals surface area contributed by atoms with Crippen LogP contribution in [0.5, 0.6) is 5.75 Å². The van der Waals surface area contributed by atoms with Crippen LogP contribution in [0.3, 0.4) is 0 Å². The van der Waals surface area contributed by atoms with Crippen LogP contribution in [0.1, 0.15) is 13.3 Å². The van der Waals surface area contributed by atoms with Gasteiger partial charge in [0.25, 0.3) is 0 Å². The summed E-state index contributed by atoms with van der Waals surface area (Å²) in [6, 6.07) is 5.14. The average molecular weight is 278 g/mol. The molecule has 0 saturated heterocycles. The molecule has 0 heterocycles. The van der Waals surface area contributed by atoms with E-state index in [9.17, 15) is 5.11 Å². The summed E-state index contributed by atoms with van der Waals surface area (Å²) in [5.41, 5.74) is 0. The molecule has 0 amide bonds. The van der Waals surface area contributed by atoms with Crippen LogP contribution in [0, 0.1) is 0 Å². The van der Waals surface area contributed by atoms with Gasteiger partial charge in [-0.3, -0.25) is 0 Å². The van der Waals surface area contributed by atoms with E-state index in [0.717, 1.165) is 13.0 Å². The van der Waals surface area contributed by atoms with Crippen molar-refractivity contribution in [2.75, 3.05) is 19.7 Å². The van der Waals surface area contributed by atoms with Gasteiger partial charge in [-0.15, -0.1) is 0 Å². The molecule has 0 aliphatic rings. The fourth-order valence-corrected chi connectivity index (χ4v) is 1.81. The normalized spacial score (nSPS) is 12.5. The number of para-hydroxylation sites is 1. The van der Waals surface area contributed by atoms with E-state index < -0.39 is 6.10 Å². The van der Waals surface area contributed by atoms with Crippen molar-refractivity contribution in [2.24, 2.45) is 0 Å². The van der Waals surface area contributed by atoms with Crippen molar-refractivity contribution in [3.63, 3.8) is 0 Å². The fourth-order valence-electron chi connectivity index (χ4n) is 1.30. The first-order chi connectivity index (χ1) is 8.15. The largest absolute Gasteiger partial charge is 0.488 e. The number of aliphatic hydroxyl groups excluding tert-OH is 1. The van der Waals surface area contributed by atoms with Crippen LogP contribution in [-0.2, 0) is 0 Å². The highest BCUT2D eigenvalue weighted by Gasteiger charge is 2.09. The van der Waals surface area contributed by atoms with E-state index in [1.165, 1.54) is 0 Å². The van der Waals surface area contributed by atoms with Gasteiger partial charge in [-0.1, -0.05) is 36.2 Å². The van der Waals surface area contributed by atoms with E-state index in [0.29, 0.717) is 22.3 Å². The number of hydrogen-bond donors (Lipinski definition) is 2. The third kappa shape index (κ3) is 5.13. The molecule has 1 rings (SSSR count). The summed E-state index contributed by atoms with van der Waals surface area (Å²) in [6.45, 7) is 3.61. The molecule has 0 aliphatic heterocycles. The molecule has 0 radical (unpaired) electrons. The van der Waals surface area contributed by atoms with Crippen LogP contribution in [0.2, 0.25) is 10.0 Å². The second kappa shape index (κ2) is 7.77. The van der Waals surface area contributed by atoms with E-state index >= 15 is 0 Å². The maximum atomic E-state index is 9.65. The van der Waals surface area contributed by atoms with Crippen LogP contribution < -0.4 is 10.1 Å². The van der Waals surface area contributed by atoms with Crippen LogP contribution >= 0.6 is 23.2 Å². The molecule has 0 spiro atoms. The van der Waals surface area contributed by atoms with Crippen molar-refractivity contribution in [3.05, 3.63) is 28.2 Å². The van der Waals surface area contributed by atoms with Gasteiger partial charge in [0.2, 0.25) is 0 Å². The van der Waals surface area contributed by atoms with Gasteiger partial charge in [0.1, 0.15) is 12.7 Å². The Morgan fingerprint density at radius 2 is 2.00 bits per heavy atom. The minimum atomic E-state index is -0.575. The molecule has 17 heavy (non-hydrogen) atoms. The quantitative estimate of drug-likeness (QED) is 0.753. The molecule has 96 valence electrons. The Morgan fingerprint density at radius 3 is 2.59 bits per heavy atom. The lowest BCUT2D eigenvalue weighted by molar-refractivity contribution is 0.107. The number of ether oxygens (including phenoxy) is 1. The summed E-state index contributed by atoms with van der Waals surface area (Å²) in [5, 5.41) is 13.6. The minimum absolute atomic E-state index is 0.167. The van der Waals surface area contributed by atoms with Crippen molar-refractivity contribution in [3.8, 4) is 5.75 Å². The number of benzene rings is 1. The Hall–Kier alpha value is -0.480. The monoisotopic (exact) mass is 277 g/mol. The Labute approximate surface area is 112 Å². The van der Waals surface area contributed by atoms with Crippen molar-refractivity contribution >= 4 is 23.2 Å². The van der Waals surface area contributed by atoms with E-state index in [1.54, 1.807) is 18.2 Å². The van der Waals surface area contributed by atoms with Gasteiger partial charge in [0, 0.05) is 6.54 Å². The standard InChI is InChI=1S/C12H17Cl2NO2/c1-2-6-15-7-9(16)8-17-12-10(13)4-3-5-11(12)14/h3-5,9,15-16H,2,6-8H2,1H3/t9-/m0/s1. The van der Waals surface area contributed by atoms with Gasteiger partial charge in [-0.2, -0.15) is 0 Å². The molecule has 0 aliphatic carbocycles. The lowest BCUT2D eigenvalue weighted by Gasteiger charge is -2.14. The number of nitrogens with one attached hydrogen (secondary N) is 1. The first kappa shape index (κ1) is 14.6. The van der Waals surface area contributed by atoms with Gasteiger partial charge < -0.3 is 15.2 Å². The predicted molar refractivity (Wildman–Crippen MR) is 71.1 cm³/mol. The zero-order valence-electron chi connectivity index (χ0n) is 9.75. The predicted octanol–water partition coefficient (Wildman–Crippen LogP) is 2.73. The summed E-state index contributed by atoms with van der Waals surface area (Å²) >= 11 is 11.9. The maximum Gasteiger partial charge on any atom is 0.156 e. The van der Waals surface area contributed by atoms with Crippen LogP contribution in [0.4, 0.5) is 0 Å². The van der Waals surface area contributed by atoms with Gasteiger partial charge in [0.15, 0.2) is 5.75 Å². The second-order valence-corrected chi connectivity index (χ2v) is 4.53. The molecular weight excluding hydrogens is 261 g/mol. The zero-order chi connectivity index (χ0) is 12.7. The lowest BCUT2D eigenvalue weighted by atomic mass is 10.3. The highest BCUT2D eigenvalue weighted by Crippen LogP contribution is 2.32. The molecule has 1 atom stereocenters. The molecule has 0 bridgehead atoms. The van der Waals surface area contributed by atoms with Crippen LogP contribution in [0.15, 0.2) is 18.2 Å². The van der Waals surface area contributed by atoms with Crippen LogP contribution in [-0.4, -0.2) is 30.9 Å². The minimum Gasteiger partial charge on any atom is -0.488 e. The second-order valence-electron chi connectivity index (χ2n) is 3.72. The Balaban J connectivity index is 2.39. The number of hydrogen-bond acceptors (Lipinski definition) is 3. The molecule has 1 aromatic carbocycles. The van der Waals surface area contributed by atoms with E-state index in [2.05, 4.69) is 12.2 Å². The molecule has 0 saturated carbocycles. The highest BCUT2D eigenvalue weighted by atomic mass is 35.5. The molecule has 2 N–H and O–H groups in total. The van der Waals surface area contributed by atoms with Gasteiger partial charge in [-0.25, -0.2) is 0 Å². The molecule has 0 unspecified atom stereocenters. The first-order valence-electron chi connectivity index (χ1n) is 5.60. The van der Waals surface area contributed by atoms with Crippen molar-refractivity contribution in [2.45, 2.75) is 19.4 Å². The third-order valence-corrected chi connectivity index (χ3v) is 2.74. The topological polar surface area (TPSA) is 41.5 Å². The van der Waals surface area contributed by atoms with Gasteiger partial charge >= 0.3 is 0 Å². The molecule has 0 fully saturated rings. The smallest absolute Gasteiger partial charge is 0.156 e. The van der Waals surface area contributed by atoms with E-state index in [4.69, 9.17) is 27.9 Å². The summed E-state index contributed by atoms with van der Waals surface area (Å²) in [4.78, 5) is 0. The van der Waals surface area contributed by atoms with E-state index in [-0.39, 0.29) is 6.61 Å². The van der Waals surface area contributed by atoms with Gasteiger partial charge in [-0.05, 0) is 25.1 Å². The Bertz CT molecular complexity index is 327. The zero-order valence-corrected chi connectivity index (χ0v) is 11.3. The lowest BCUT2D eigenvalue weighted by Crippen LogP contribution is -2.31. The summed E-state index contributed by atoms with van der Waals surface area (Å²) in [6.07, 6.45) is 0.457. The Morgan fingerprint density at radius 1 is 1.35 bits per heavy atom. The number of rotatable bonds is 7. The molecule has 1 aromatic rings. The van der Waals surface area contributed by atoms with Crippen LogP contribution in [0.25, 0.3) is 0 Å².